The molecule has 0 spiro atoms. The number of benzene rings is 1. The van der Waals surface area contributed by atoms with E-state index in [2.05, 4.69) is 45.3 Å². The Kier molecular flexibility index (Phi) is 9.39. The average molecular weight is 568 g/mol. The largest absolute Gasteiger partial charge is 0.378 e. The van der Waals surface area contributed by atoms with Gasteiger partial charge < -0.3 is 19.9 Å². The molecule has 41 heavy (non-hydrogen) atoms. The Morgan fingerprint density at radius 3 is 2.71 bits per heavy atom. The van der Waals surface area contributed by atoms with Crippen LogP contribution in [0.2, 0.25) is 0 Å². The molecule has 5 rings (SSSR count). The number of ether oxygens (including phenoxy) is 1. The van der Waals surface area contributed by atoms with Crippen LogP contribution in [0.5, 0.6) is 0 Å². The monoisotopic (exact) mass is 567 g/mol. The molecule has 0 saturated carbocycles. The zero-order valence-corrected chi connectivity index (χ0v) is 24.6. The second kappa shape index (κ2) is 13.2. The maximum Gasteiger partial charge on any atom is 0.264 e. The molecule has 0 bridgehead atoms. The van der Waals surface area contributed by atoms with E-state index in [0.29, 0.717) is 43.3 Å². The minimum atomic E-state index is -2.61. The molecule has 0 aliphatic carbocycles. The van der Waals surface area contributed by atoms with Gasteiger partial charge in [-0.3, -0.25) is 9.36 Å². The predicted molar refractivity (Wildman–Crippen MR) is 159 cm³/mol. The van der Waals surface area contributed by atoms with Crippen molar-refractivity contribution in [3.63, 3.8) is 0 Å². The van der Waals surface area contributed by atoms with Crippen LogP contribution in [0.25, 0.3) is 11.1 Å². The molecule has 8 nitrogen and oxygen atoms in total. The molecule has 0 amide bonds. The molecule has 4 heterocycles. The van der Waals surface area contributed by atoms with Crippen molar-refractivity contribution in [3.8, 4) is 11.1 Å². The summed E-state index contributed by atoms with van der Waals surface area (Å²) in [6.45, 7) is 13.8. The normalized spacial score (nSPS) is 15.9. The smallest absolute Gasteiger partial charge is 0.264 e. The van der Waals surface area contributed by atoms with Crippen LogP contribution < -0.4 is 10.2 Å². The maximum absolute atomic E-state index is 14.5. The molecule has 2 aromatic heterocycles. The van der Waals surface area contributed by atoms with Crippen LogP contribution in [-0.4, -0.2) is 63.4 Å². The number of anilines is 2. The summed E-state index contributed by atoms with van der Waals surface area (Å²) in [5, 5.41) is 12.7. The first kappa shape index (κ1) is 29.3. The van der Waals surface area contributed by atoms with Gasteiger partial charge in [-0.15, -0.1) is 0 Å². The molecule has 222 valence electrons. The van der Waals surface area contributed by atoms with E-state index in [1.165, 1.54) is 5.69 Å². The highest BCUT2D eigenvalue weighted by molar-refractivity contribution is 5.76. The molecule has 1 aromatic carbocycles. The standard InChI is InChI=1S/C31H43F2N7O/c1-5-22-17-25(23-19-35-37(4)20-23)26(30(32)33)18-29(22)39(7-3)31-27-21-38(6-2)15-11-28(27)40(36-31)14-8-16-41-24-9-12-34-13-10-24/h6,17-20,24,30,34H,2,5,7-16,21H2,1,3-4H3. The highest BCUT2D eigenvalue weighted by Crippen LogP contribution is 2.40. The Bertz CT molecular complexity index is 1330. The highest BCUT2D eigenvalue weighted by Gasteiger charge is 2.29. The predicted octanol–water partition coefficient (Wildman–Crippen LogP) is 5.60. The first-order chi connectivity index (χ1) is 19.9. The van der Waals surface area contributed by atoms with Crippen LogP contribution in [0, 0.1) is 0 Å². The van der Waals surface area contributed by atoms with Gasteiger partial charge in [0.2, 0.25) is 0 Å². The molecule has 3 aromatic rings. The van der Waals surface area contributed by atoms with E-state index in [1.807, 2.05) is 12.3 Å². The van der Waals surface area contributed by atoms with Gasteiger partial charge in [0.25, 0.3) is 6.43 Å². The SMILES string of the molecule is C=CN1CCc2c(c(N(CC)c3cc(C(F)F)c(-c4cnn(C)c4)cc3CC)nn2CCCOC2CCNCC2)C1. The number of alkyl halides is 2. The lowest BCUT2D eigenvalue weighted by Crippen LogP contribution is -2.32. The Morgan fingerprint density at radius 2 is 2.05 bits per heavy atom. The van der Waals surface area contributed by atoms with Gasteiger partial charge in [0.15, 0.2) is 5.82 Å². The number of aromatic nitrogens is 4. The first-order valence-electron chi connectivity index (χ1n) is 14.9. The van der Waals surface area contributed by atoms with E-state index in [0.717, 1.165) is 74.5 Å². The summed E-state index contributed by atoms with van der Waals surface area (Å²) >= 11 is 0. The number of halogens is 2. The number of piperidine rings is 1. The molecule has 1 saturated heterocycles. The van der Waals surface area contributed by atoms with E-state index < -0.39 is 6.43 Å². The van der Waals surface area contributed by atoms with Gasteiger partial charge in [-0.05, 0) is 75.2 Å². The quantitative estimate of drug-likeness (QED) is 0.288. The Labute approximate surface area is 242 Å². The molecule has 0 radical (unpaired) electrons. The zero-order valence-electron chi connectivity index (χ0n) is 24.6. The molecule has 0 unspecified atom stereocenters. The summed E-state index contributed by atoms with van der Waals surface area (Å²) < 4.78 is 38.9. The molecule has 2 aliphatic rings. The fourth-order valence-corrected chi connectivity index (χ4v) is 6.09. The number of nitrogens with zero attached hydrogens (tertiary/aromatic N) is 6. The number of hydrogen-bond donors (Lipinski definition) is 1. The van der Waals surface area contributed by atoms with Crippen molar-refractivity contribution in [3.05, 3.63) is 59.7 Å². The summed E-state index contributed by atoms with van der Waals surface area (Å²) in [6.07, 6.45) is 7.60. The minimum Gasteiger partial charge on any atom is -0.378 e. The summed E-state index contributed by atoms with van der Waals surface area (Å²) in [5.74, 6) is 0.845. The second-order valence-electron chi connectivity index (χ2n) is 10.9. The van der Waals surface area contributed by atoms with Crippen LogP contribution in [0.15, 0.2) is 37.3 Å². The van der Waals surface area contributed by atoms with Gasteiger partial charge in [-0.2, -0.15) is 10.2 Å². The fraction of sp³-hybridized carbons (Fsp3) is 0.548. The van der Waals surface area contributed by atoms with Crippen molar-refractivity contribution in [1.82, 2.24) is 29.8 Å². The Hall–Kier alpha value is -3.24. The third kappa shape index (κ3) is 6.33. The van der Waals surface area contributed by atoms with Crippen molar-refractivity contribution in [2.75, 3.05) is 37.7 Å². The molecule has 10 heteroatoms. The molecular formula is C31H43F2N7O. The van der Waals surface area contributed by atoms with Gasteiger partial charge in [0.1, 0.15) is 0 Å². The third-order valence-corrected chi connectivity index (χ3v) is 8.30. The molecule has 1 N–H and O–H groups in total. The average Bonchev–Trinajstić information content (AvgIpc) is 3.59. The van der Waals surface area contributed by atoms with Gasteiger partial charge in [0, 0.05) is 80.5 Å². The van der Waals surface area contributed by atoms with Crippen LogP contribution in [0.4, 0.5) is 20.3 Å². The van der Waals surface area contributed by atoms with Crippen molar-refractivity contribution in [2.45, 2.75) is 71.6 Å². The lowest BCUT2D eigenvalue weighted by molar-refractivity contribution is 0.0297. The van der Waals surface area contributed by atoms with Crippen LogP contribution in [0.1, 0.15) is 61.9 Å². The van der Waals surface area contributed by atoms with Crippen LogP contribution >= 0.6 is 0 Å². The third-order valence-electron chi connectivity index (χ3n) is 8.30. The number of rotatable bonds is 12. The lowest BCUT2D eigenvalue weighted by atomic mass is 9.96. The van der Waals surface area contributed by atoms with E-state index >= 15 is 0 Å². The minimum absolute atomic E-state index is 0.0136. The summed E-state index contributed by atoms with van der Waals surface area (Å²) in [6, 6.07) is 3.58. The van der Waals surface area contributed by atoms with Gasteiger partial charge >= 0.3 is 0 Å². The molecular weight excluding hydrogens is 524 g/mol. The van der Waals surface area contributed by atoms with Gasteiger partial charge in [-0.1, -0.05) is 13.5 Å². The van der Waals surface area contributed by atoms with E-state index in [4.69, 9.17) is 9.84 Å². The lowest BCUT2D eigenvalue weighted by Gasteiger charge is -2.30. The van der Waals surface area contributed by atoms with Crippen molar-refractivity contribution < 1.29 is 13.5 Å². The molecule has 0 atom stereocenters. The highest BCUT2D eigenvalue weighted by atomic mass is 19.3. The van der Waals surface area contributed by atoms with Gasteiger partial charge in [-0.25, -0.2) is 8.78 Å². The number of hydrogen-bond acceptors (Lipinski definition) is 6. The van der Waals surface area contributed by atoms with Crippen LogP contribution in [0.3, 0.4) is 0 Å². The van der Waals surface area contributed by atoms with E-state index in [-0.39, 0.29) is 5.56 Å². The zero-order chi connectivity index (χ0) is 28.9. The summed E-state index contributed by atoms with van der Waals surface area (Å²) in [7, 11) is 1.80. The number of fused-ring (bicyclic) bond motifs is 1. The van der Waals surface area contributed by atoms with Gasteiger partial charge in [0.05, 0.1) is 12.3 Å². The fourth-order valence-electron chi connectivity index (χ4n) is 6.09. The topological polar surface area (TPSA) is 63.4 Å². The van der Waals surface area contributed by atoms with Crippen LogP contribution in [-0.2, 0) is 37.7 Å². The van der Waals surface area contributed by atoms with E-state index in [1.54, 1.807) is 30.2 Å². The summed E-state index contributed by atoms with van der Waals surface area (Å²) in [5.41, 5.74) is 5.40. The molecule has 1 fully saturated rings. The second-order valence-corrected chi connectivity index (χ2v) is 10.9. The van der Waals surface area contributed by atoms with E-state index in [9.17, 15) is 8.78 Å². The van der Waals surface area contributed by atoms with Crippen molar-refractivity contribution in [2.24, 2.45) is 7.05 Å². The molecule has 2 aliphatic heterocycles. The maximum atomic E-state index is 14.5. The number of nitrogens with one attached hydrogen (secondary N) is 1. The summed E-state index contributed by atoms with van der Waals surface area (Å²) in [4.78, 5) is 4.31. The van der Waals surface area contributed by atoms with Crippen molar-refractivity contribution in [1.29, 1.82) is 0 Å². The Morgan fingerprint density at radius 1 is 1.24 bits per heavy atom. The Balaban J connectivity index is 1.48. The first-order valence-corrected chi connectivity index (χ1v) is 14.9. The van der Waals surface area contributed by atoms with Crippen molar-refractivity contribution >= 4 is 11.5 Å². The number of aryl methyl sites for hydroxylation is 3.